The molecule has 0 saturated heterocycles. The highest BCUT2D eigenvalue weighted by Crippen LogP contribution is 2.11. The van der Waals surface area contributed by atoms with E-state index >= 15 is 0 Å². The molecule has 0 aromatic rings. The van der Waals surface area contributed by atoms with Gasteiger partial charge in [0.1, 0.15) is 18.1 Å². The van der Waals surface area contributed by atoms with Crippen molar-refractivity contribution in [1.82, 2.24) is 16.0 Å². The highest BCUT2D eigenvalue weighted by atomic mass is 16.4. The lowest BCUT2D eigenvalue weighted by atomic mass is 9.98. The van der Waals surface area contributed by atoms with Crippen LogP contribution in [0.3, 0.4) is 0 Å². The number of hydrogen-bond donors (Lipinski definition) is 6. The van der Waals surface area contributed by atoms with E-state index < -0.39 is 53.8 Å². The van der Waals surface area contributed by atoms with Gasteiger partial charge in [-0.1, -0.05) is 41.5 Å². The van der Waals surface area contributed by atoms with Crippen LogP contribution in [0, 0.1) is 17.8 Å². The minimum absolute atomic E-state index is 0.0195. The summed E-state index contributed by atoms with van der Waals surface area (Å²) in [5.41, 5.74) is 5.76. The van der Waals surface area contributed by atoms with Gasteiger partial charge in [0, 0.05) is 6.42 Å². The first-order valence-corrected chi connectivity index (χ1v) is 11.7. The van der Waals surface area contributed by atoms with Crippen molar-refractivity contribution in [2.24, 2.45) is 23.5 Å². The lowest BCUT2D eigenvalue weighted by molar-refractivity contribution is -0.143. The standard InChI is InChI=1S/C23H42N4O7/c1-12(2)9-16(25-20(30)15(24)7-8-19(28)29)21(31)26-17(10-13(3)4)22(32)27-18(23(33)34)11-14(5)6/h12-18H,7-11,24H2,1-6H3,(H,25,30)(H,26,31)(H,27,32)(H,28,29)(H,33,34)/t15-,16-,17+,18-/m0/s1. The summed E-state index contributed by atoms with van der Waals surface area (Å²) in [5, 5.41) is 25.9. The predicted octanol–water partition coefficient (Wildman–Crippen LogP) is 0.856. The van der Waals surface area contributed by atoms with E-state index in [1.165, 1.54) is 0 Å². The summed E-state index contributed by atoms with van der Waals surface area (Å²) >= 11 is 0. The molecule has 0 aromatic heterocycles. The highest BCUT2D eigenvalue weighted by molar-refractivity contribution is 5.94. The van der Waals surface area contributed by atoms with E-state index in [1.807, 2.05) is 41.5 Å². The fraction of sp³-hybridized carbons (Fsp3) is 0.783. The zero-order valence-electron chi connectivity index (χ0n) is 21.1. The van der Waals surface area contributed by atoms with Gasteiger partial charge in [-0.25, -0.2) is 4.79 Å². The van der Waals surface area contributed by atoms with Crippen LogP contribution in [0.15, 0.2) is 0 Å². The Kier molecular flexibility index (Phi) is 14.1. The van der Waals surface area contributed by atoms with Crippen molar-refractivity contribution in [2.75, 3.05) is 0 Å². The number of hydrogen-bond acceptors (Lipinski definition) is 6. The lowest BCUT2D eigenvalue weighted by Gasteiger charge is -2.27. The summed E-state index contributed by atoms with van der Waals surface area (Å²) in [6.45, 7) is 11.1. The average Bonchev–Trinajstić information content (AvgIpc) is 2.68. The molecule has 11 nitrogen and oxygen atoms in total. The number of rotatable bonds is 16. The van der Waals surface area contributed by atoms with Crippen LogP contribution in [-0.4, -0.2) is 64.0 Å². The summed E-state index contributed by atoms with van der Waals surface area (Å²) < 4.78 is 0. The van der Waals surface area contributed by atoms with Gasteiger partial charge in [0.05, 0.1) is 6.04 Å². The Labute approximate surface area is 201 Å². The van der Waals surface area contributed by atoms with E-state index in [9.17, 15) is 29.1 Å². The molecular formula is C23H42N4O7. The summed E-state index contributed by atoms with van der Waals surface area (Å²) in [6, 6.07) is -4.16. The van der Waals surface area contributed by atoms with Crippen molar-refractivity contribution in [3.05, 3.63) is 0 Å². The molecule has 0 aliphatic carbocycles. The van der Waals surface area contributed by atoms with Crippen molar-refractivity contribution in [1.29, 1.82) is 0 Å². The first-order valence-electron chi connectivity index (χ1n) is 11.7. The Morgan fingerprint density at radius 3 is 1.35 bits per heavy atom. The van der Waals surface area contributed by atoms with Crippen molar-refractivity contribution >= 4 is 29.7 Å². The second-order valence-electron chi connectivity index (χ2n) is 9.95. The Bertz CT molecular complexity index is 709. The first kappa shape index (κ1) is 31.3. The Balaban J connectivity index is 5.48. The lowest BCUT2D eigenvalue weighted by Crippen LogP contribution is -2.57. The molecule has 0 rings (SSSR count). The van der Waals surface area contributed by atoms with Gasteiger partial charge >= 0.3 is 11.9 Å². The van der Waals surface area contributed by atoms with Crippen LogP contribution in [0.25, 0.3) is 0 Å². The molecule has 7 N–H and O–H groups in total. The molecule has 34 heavy (non-hydrogen) atoms. The Morgan fingerprint density at radius 1 is 0.647 bits per heavy atom. The third-order valence-electron chi connectivity index (χ3n) is 5.01. The number of aliphatic carboxylic acids is 2. The number of carbonyl (C=O) groups excluding carboxylic acids is 3. The van der Waals surface area contributed by atoms with Crippen LogP contribution in [0.5, 0.6) is 0 Å². The second kappa shape index (κ2) is 15.3. The van der Waals surface area contributed by atoms with E-state index in [4.69, 9.17) is 10.8 Å². The second-order valence-corrected chi connectivity index (χ2v) is 9.95. The van der Waals surface area contributed by atoms with E-state index in [1.54, 1.807) is 0 Å². The molecule has 11 heteroatoms. The molecule has 0 aromatic carbocycles. The van der Waals surface area contributed by atoms with E-state index in [0.717, 1.165) is 0 Å². The third kappa shape index (κ3) is 13.1. The fourth-order valence-corrected chi connectivity index (χ4v) is 3.33. The van der Waals surface area contributed by atoms with Gasteiger partial charge in [0.2, 0.25) is 17.7 Å². The van der Waals surface area contributed by atoms with Crippen molar-refractivity contribution in [3.63, 3.8) is 0 Å². The minimum atomic E-state index is -1.16. The first-order chi connectivity index (χ1) is 15.6. The molecule has 4 atom stereocenters. The molecule has 0 fully saturated rings. The number of nitrogens with two attached hydrogens (primary N) is 1. The van der Waals surface area contributed by atoms with Gasteiger partial charge in [-0.2, -0.15) is 0 Å². The third-order valence-corrected chi connectivity index (χ3v) is 5.01. The van der Waals surface area contributed by atoms with Crippen molar-refractivity contribution in [3.8, 4) is 0 Å². The summed E-state index contributed by atoms with van der Waals surface area (Å²) in [4.78, 5) is 60.6. The number of carboxylic acids is 2. The van der Waals surface area contributed by atoms with Gasteiger partial charge in [-0.15, -0.1) is 0 Å². The van der Waals surface area contributed by atoms with Crippen LogP contribution in [-0.2, 0) is 24.0 Å². The quantitative estimate of drug-likeness (QED) is 0.185. The molecule has 0 radical (unpaired) electrons. The molecule has 3 amide bonds. The van der Waals surface area contributed by atoms with E-state index in [-0.39, 0.29) is 49.9 Å². The molecule has 0 heterocycles. The maximum absolute atomic E-state index is 13.0. The molecule has 0 aliphatic rings. The van der Waals surface area contributed by atoms with Crippen LogP contribution >= 0.6 is 0 Å². The maximum atomic E-state index is 13.0. The van der Waals surface area contributed by atoms with E-state index in [2.05, 4.69) is 16.0 Å². The predicted molar refractivity (Wildman–Crippen MR) is 127 cm³/mol. The molecule has 0 unspecified atom stereocenters. The van der Waals surface area contributed by atoms with E-state index in [0.29, 0.717) is 0 Å². The number of nitrogens with one attached hydrogen (secondary N) is 3. The molecule has 0 bridgehead atoms. The summed E-state index contributed by atoms with van der Waals surface area (Å²) in [6.07, 6.45) is 0.412. The fourth-order valence-electron chi connectivity index (χ4n) is 3.33. The Hall–Kier alpha value is -2.69. The summed E-state index contributed by atoms with van der Waals surface area (Å²) in [7, 11) is 0. The maximum Gasteiger partial charge on any atom is 0.326 e. The number of carbonyl (C=O) groups is 5. The zero-order valence-corrected chi connectivity index (χ0v) is 21.1. The van der Waals surface area contributed by atoms with Gasteiger partial charge in [0.15, 0.2) is 0 Å². The SMILES string of the molecule is CC(C)C[C@H](NC(=O)[C@@H](CC(C)C)NC(=O)[C@H](CC(C)C)NC(=O)[C@@H](N)CCC(=O)O)C(=O)O. The van der Waals surface area contributed by atoms with Gasteiger partial charge < -0.3 is 31.9 Å². The molecule has 0 saturated carbocycles. The van der Waals surface area contributed by atoms with Crippen LogP contribution in [0.1, 0.15) is 73.6 Å². The van der Waals surface area contributed by atoms with Crippen LogP contribution in [0.4, 0.5) is 0 Å². The van der Waals surface area contributed by atoms with Crippen LogP contribution < -0.4 is 21.7 Å². The normalized spacial score (nSPS) is 14.9. The zero-order chi connectivity index (χ0) is 26.6. The van der Waals surface area contributed by atoms with Gasteiger partial charge in [-0.05, 0) is 43.4 Å². The van der Waals surface area contributed by atoms with Gasteiger partial charge in [-0.3, -0.25) is 19.2 Å². The highest BCUT2D eigenvalue weighted by Gasteiger charge is 2.31. The van der Waals surface area contributed by atoms with Crippen molar-refractivity contribution in [2.45, 2.75) is 97.8 Å². The molecule has 0 spiro atoms. The number of amides is 3. The monoisotopic (exact) mass is 486 g/mol. The topological polar surface area (TPSA) is 188 Å². The smallest absolute Gasteiger partial charge is 0.326 e. The molecular weight excluding hydrogens is 444 g/mol. The van der Waals surface area contributed by atoms with Crippen molar-refractivity contribution < 1.29 is 34.2 Å². The molecule has 0 aliphatic heterocycles. The average molecular weight is 487 g/mol. The van der Waals surface area contributed by atoms with Gasteiger partial charge in [0.25, 0.3) is 0 Å². The summed E-state index contributed by atoms with van der Waals surface area (Å²) in [5.74, 6) is -4.02. The molecule has 196 valence electrons. The number of carboxylic acid groups (broad SMARTS) is 2. The minimum Gasteiger partial charge on any atom is -0.481 e. The Morgan fingerprint density at radius 2 is 1.00 bits per heavy atom. The van der Waals surface area contributed by atoms with Crippen LogP contribution in [0.2, 0.25) is 0 Å². The largest absolute Gasteiger partial charge is 0.481 e.